The molecule has 0 unspecified atom stereocenters. The van der Waals surface area contributed by atoms with Gasteiger partial charge >= 0.3 is 6.03 Å². The monoisotopic (exact) mass is 426 g/mol. The lowest BCUT2D eigenvalue weighted by Gasteiger charge is -2.37. The van der Waals surface area contributed by atoms with Crippen molar-refractivity contribution in [1.29, 1.82) is 0 Å². The Kier molecular flexibility index (Phi) is 5.85. The number of fused-ring (bicyclic) bond motifs is 1. The Hall–Kier alpha value is -3.13. The maximum Gasteiger partial charge on any atom is 0.317 e. The van der Waals surface area contributed by atoms with Gasteiger partial charge in [-0.3, -0.25) is 4.79 Å². The fourth-order valence-electron chi connectivity index (χ4n) is 3.73. The Morgan fingerprint density at radius 2 is 2.10 bits per heavy atom. The normalized spacial score (nSPS) is 16.5. The summed E-state index contributed by atoms with van der Waals surface area (Å²) in [5.74, 6) is -0.0185. The molecule has 1 aliphatic heterocycles. The molecule has 0 radical (unpaired) electrons. The molecule has 0 spiro atoms. The third kappa shape index (κ3) is 4.38. The van der Waals surface area contributed by atoms with Gasteiger partial charge in [-0.2, -0.15) is 0 Å². The number of nitrogens with one attached hydrogen (secondary N) is 2. The van der Waals surface area contributed by atoms with Crippen molar-refractivity contribution in [3.8, 4) is 0 Å². The van der Waals surface area contributed by atoms with E-state index in [-0.39, 0.29) is 23.8 Å². The quantitative estimate of drug-likeness (QED) is 0.670. The van der Waals surface area contributed by atoms with Crippen LogP contribution in [-0.4, -0.2) is 62.9 Å². The van der Waals surface area contributed by atoms with Crippen molar-refractivity contribution in [2.24, 2.45) is 0 Å². The Morgan fingerprint density at radius 3 is 2.90 bits per heavy atom. The predicted molar refractivity (Wildman–Crippen MR) is 114 cm³/mol. The summed E-state index contributed by atoms with van der Waals surface area (Å²) in [6.45, 7) is 1.48. The summed E-state index contributed by atoms with van der Waals surface area (Å²) in [6.07, 6.45) is 4.77. The molecule has 4 rings (SSSR count). The molecular weight excluding hydrogens is 404 g/mol. The standard InChI is InChI=1S/C21H23ClN6O2/c1-27(17-4-2-9-28(13-17)20(29)19-23-7-3-8-24-19)21(30)25-12-16-11-14-10-15(22)5-6-18(14)26-16/h3,5-8,10-11,17,26H,2,4,9,12-13H2,1H3,(H,25,30)/t17-/m1/s1. The van der Waals surface area contributed by atoms with Crippen LogP contribution in [0.1, 0.15) is 29.2 Å². The third-order valence-corrected chi connectivity index (χ3v) is 5.61. The Labute approximate surface area is 179 Å². The first kappa shape index (κ1) is 20.2. The number of halogens is 1. The lowest BCUT2D eigenvalue weighted by molar-refractivity contribution is 0.0624. The van der Waals surface area contributed by atoms with Gasteiger partial charge in [-0.25, -0.2) is 14.8 Å². The molecule has 3 amide bonds. The fourth-order valence-corrected chi connectivity index (χ4v) is 3.91. The van der Waals surface area contributed by atoms with Crippen LogP contribution in [0.5, 0.6) is 0 Å². The molecule has 2 N–H and O–H groups in total. The highest BCUT2D eigenvalue weighted by molar-refractivity contribution is 6.31. The number of piperidine rings is 1. The Bertz CT molecular complexity index is 1050. The number of hydrogen-bond donors (Lipinski definition) is 2. The molecule has 0 aliphatic carbocycles. The van der Waals surface area contributed by atoms with Crippen LogP contribution in [0.3, 0.4) is 0 Å². The molecule has 1 aliphatic rings. The average Bonchev–Trinajstić information content (AvgIpc) is 3.19. The first-order chi connectivity index (χ1) is 14.5. The van der Waals surface area contributed by atoms with Crippen molar-refractivity contribution in [1.82, 2.24) is 30.1 Å². The summed E-state index contributed by atoms with van der Waals surface area (Å²) in [5.41, 5.74) is 1.87. The van der Waals surface area contributed by atoms with E-state index in [1.165, 1.54) is 0 Å². The topological polar surface area (TPSA) is 94.2 Å². The van der Waals surface area contributed by atoms with Gasteiger partial charge < -0.3 is 20.1 Å². The molecule has 1 saturated heterocycles. The summed E-state index contributed by atoms with van der Waals surface area (Å²) in [7, 11) is 1.76. The van der Waals surface area contributed by atoms with Gasteiger partial charge in [0.05, 0.1) is 12.6 Å². The van der Waals surface area contributed by atoms with E-state index < -0.39 is 0 Å². The number of H-pyrrole nitrogens is 1. The lowest BCUT2D eigenvalue weighted by atomic mass is 10.0. The van der Waals surface area contributed by atoms with Gasteiger partial charge in [0, 0.05) is 54.2 Å². The highest BCUT2D eigenvalue weighted by Gasteiger charge is 2.29. The zero-order valence-corrected chi connectivity index (χ0v) is 17.4. The molecule has 0 bridgehead atoms. The van der Waals surface area contributed by atoms with Crippen molar-refractivity contribution < 1.29 is 9.59 Å². The Morgan fingerprint density at radius 1 is 1.30 bits per heavy atom. The number of aromatic amines is 1. The summed E-state index contributed by atoms with van der Waals surface area (Å²) < 4.78 is 0. The highest BCUT2D eigenvalue weighted by Crippen LogP contribution is 2.20. The lowest BCUT2D eigenvalue weighted by Crippen LogP contribution is -2.52. The van der Waals surface area contributed by atoms with Crippen LogP contribution >= 0.6 is 11.6 Å². The van der Waals surface area contributed by atoms with Gasteiger partial charge in [-0.15, -0.1) is 0 Å². The van der Waals surface area contributed by atoms with Gasteiger partial charge in [0.2, 0.25) is 5.82 Å². The minimum Gasteiger partial charge on any atom is -0.357 e. The van der Waals surface area contributed by atoms with E-state index in [0.717, 1.165) is 29.4 Å². The molecule has 8 nitrogen and oxygen atoms in total. The van der Waals surface area contributed by atoms with E-state index in [9.17, 15) is 9.59 Å². The summed E-state index contributed by atoms with van der Waals surface area (Å²) >= 11 is 6.03. The number of carbonyl (C=O) groups is 2. The third-order valence-electron chi connectivity index (χ3n) is 5.38. The number of hydrogen-bond acceptors (Lipinski definition) is 4. The number of benzene rings is 1. The average molecular weight is 427 g/mol. The Balaban J connectivity index is 1.35. The minimum atomic E-state index is -0.203. The molecule has 3 heterocycles. The number of likely N-dealkylation sites (N-methyl/N-ethyl adjacent to an activating group) is 1. The largest absolute Gasteiger partial charge is 0.357 e. The van der Waals surface area contributed by atoms with E-state index in [1.807, 2.05) is 24.3 Å². The second-order valence-electron chi connectivity index (χ2n) is 7.42. The highest BCUT2D eigenvalue weighted by atomic mass is 35.5. The molecule has 1 aromatic carbocycles. The number of amides is 3. The van der Waals surface area contributed by atoms with Gasteiger partial charge in [0.15, 0.2) is 0 Å². The first-order valence-corrected chi connectivity index (χ1v) is 10.2. The second kappa shape index (κ2) is 8.71. The molecular formula is C21H23ClN6O2. The zero-order chi connectivity index (χ0) is 21.1. The second-order valence-corrected chi connectivity index (χ2v) is 7.85. The van der Waals surface area contributed by atoms with Gasteiger partial charge in [-0.05, 0) is 43.2 Å². The smallest absolute Gasteiger partial charge is 0.317 e. The number of aromatic nitrogens is 3. The van der Waals surface area contributed by atoms with Crippen molar-refractivity contribution in [3.05, 3.63) is 59.3 Å². The molecule has 1 atom stereocenters. The minimum absolute atomic E-state index is 0.0621. The van der Waals surface area contributed by atoms with Crippen molar-refractivity contribution in [2.45, 2.75) is 25.4 Å². The van der Waals surface area contributed by atoms with Crippen LogP contribution in [0, 0.1) is 0 Å². The SMILES string of the molecule is CN(C(=O)NCc1cc2cc(Cl)ccc2[nH]1)[C@@H]1CCCN(C(=O)c2ncccn2)C1. The number of urea groups is 1. The number of rotatable bonds is 4. The fraction of sp³-hybridized carbons (Fsp3) is 0.333. The molecule has 30 heavy (non-hydrogen) atoms. The molecule has 2 aromatic heterocycles. The van der Waals surface area contributed by atoms with Crippen molar-refractivity contribution in [2.75, 3.05) is 20.1 Å². The first-order valence-electron chi connectivity index (χ1n) is 9.85. The molecule has 0 saturated carbocycles. The zero-order valence-electron chi connectivity index (χ0n) is 16.6. The van der Waals surface area contributed by atoms with Crippen LogP contribution in [0.15, 0.2) is 42.7 Å². The van der Waals surface area contributed by atoms with E-state index in [1.54, 1.807) is 35.3 Å². The van der Waals surface area contributed by atoms with Crippen LogP contribution in [-0.2, 0) is 6.54 Å². The number of carbonyl (C=O) groups excluding carboxylic acids is 2. The summed E-state index contributed by atoms with van der Waals surface area (Å²) in [6, 6.07) is 9.04. The van der Waals surface area contributed by atoms with Crippen molar-refractivity contribution in [3.63, 3.8) is 0 Å². The predicted octanol–water partition coefficient (Wildman–Crippen LogP) is 3.06. The number of likely N-dealkylation sites (tertiary alicyclic amines) is 1. The van der Waals surface area contributed by atoms with Crippen LogP contribution in [0.4, 0.5) is 4.79 Å². The van der Waals surface area contributed by atoms with Crippen LogP contribution in [0.2, 0.25) is 5.02 Å². The van der Waals surface area contributed by atoms with Gasteiger partial charge in [0.25, 0.3) is 5.91 Å². The van der Waals surface area contributed by atoms with Crippen molar-refractivity contribution >= 4 is 34.4 Å². The molecule has 1 fully saturated rings. The summed E-state index contributed by atoms with van der Waals surface area (Å²) in [5, 5.41) is 4.62. The maximum atomic E-state index is 12.7. The number of nitrogens with zero attached hydrogens (tertiary/aromatic N) is 4. The van der Waals surface area contributed by atoms with E-state index in [4.69, 9.17) is 11.6 Å². The molecule has 156 valence electrons. The van der Waals surface area contributed by atoms with Gasteiger partial charge in [0.1, 0.15) is 0 Å². The van der Waals surface area contributed by atoms with Gasteiger partial charge in [-0.1, -0.05) is 11.6 Å². The van der Waals surface area contributed by atoms with Crippen LogP contribution < -0.4 is 5.32 Å². The molecule has 9 heteroatoms. The summed E-state index contributed by atoms with van der Waals surface area (Å²) in [4.78, 5) is 40.1. The van der Waals surface area contributed by atoms with E-state index in [0.29, 0.717) is 24.7 Å². The van der Waals surface area contributed by atoms with E-state index >= 15 is 0 Å². The molecule has 3 aromatic rings. The van der Waals surface area contributed by atoms with Crippen LogP contribution in [0.25, 0.3) is 10.9 Å². The van der Waals surface area contributed by atoms with E-state index in [2.05, 4.69) is 20.3 Å². The maximum absolute atomic E-state index is 12.7.